The van der Waals surface area contributed by atoms with Crippen LogP contribution in [-0.4, -0.2) is 22.9 Å². The van der Waals surface area contributed by atoms with Gasteiger partial charge in [-0.3, -0.25) is 4.68 Å². The molecule has 0 aromatic carbocycles. The first-order valence-corrected chi connectivity index (χ1v) is 6.42. The Morgan fingerprint density at radius 2 is 2.31 bits per heavy atom. The molecule has 0 saturated heterocycles. The molecule has 2 rings (SSSR count). The second-order valence-corrected chi connectivity index (χ2v) is 5.16. The van der Waals surface area contributed by atoms with Crippen LogP contribution in [0.3, 0.4) is 0 Å². The Labute approximate surface area is 98.2 Å². The summed E-state index contributed by atoms with van der Waals surface area (Å²) in [5, 5.41) is 7.78. The first-order valence-electron chi connectivity index (χ1n) is 6.42. The fourth-order valence-electron chi connectivity index (χ4n) is 2.52. The molecule has 90 valence electrons. The van der Waals surface area contributed by atoms with E-state index in [2.05, 4.69) is 23.5 Å². The molecule has 1 aromatic rings. The molecule has 0 spiro atoms. The number of aryl methyl sites for hydroxylation is 1. The summed E-state index contributed by atoms with van der Waals surface area (Å²) in [4.78, 5) is 0. The zero-order valence-electron chi connectivity index (χ0n) is 10.5. The molecule has 0 radical (unpaired) electrons. The predicted octanol–water partition coefficient (Wildman–Crippen LogP) is 2.13. The number of rotatable bonds is 6. The van der Waals surface area contributed by atoms with Gasteiger partial charge >= 0.3 is 0 Å². The largest absolute Gasteiger partial charge is 0.316 e. The first-order chi connectivity index (χ1) is 7.74. The third-order valence-electron chi connectivity index (χ3n) is 4.01. The van der Waals surface area contributed by atoms with Crippen LogP contribution in [0, 0.1) is 5.41 Å². The van der Waals surface area contributed by atoms with Crippen molar-refractivity contribution in [1.29, 1.82) is 0 Å². The SMILES string of the molecule is CCC1(CNCCc2cnn(C)c2)CCC1. The van der Waals surface area contributed by atoms with E-state index in [0.29, 0.717) is 5.41 Å². The molecule has 0 amide bonds. The minimum absolute atomic E-state index is 0.634. The van der Waals surface area contributed by atoms with Crippen molar-refractivity contribution in [1.82, 2.24) is 15.1 Å². The highest BCUT2D eigenvalue weighted by Gasteiger charge is 2.34. The molecule has 3 nitrogen and oxygen atoms in total. The van der Waals surface area contributed by atoms with Crippen molar-refractivity contribution < 1.29 is 0 Å². The number of hydrogen-bond acceptors (Lipinski definition) is 2. The van der Waals surface area contributed by atoms with Gasteiger partial charge in [-0.2, -0.15) is 5.10 Å². The Kier molecular flexibility index (Phi) is 3.64. The molecular formula is C13H23N3. The molecule has 1 aliphatic rings. The lowest BCUT2D eigenvalue weighted by Gasteiger charge is -2.41. The monoisotopic (exact) mass is 221 g/mol. The van der Waals surface area contributed by atoms with Crippen LogP contribution < -0.4 is 5.32 Å². The average Bonchev–Trinajstić information content (AvgIpc) is 2.62. The van der Waals surface area contributed by atoms with Crippen LogP contribution in [0.15, 0.2) is 12.4 Å². The van der Waals surface area contributed by atoms with Crippen LogP contribution in [0.2, 0.25) is 0 Å². The maximum Gasteiger partial charge on any atom is 0.0522 e. The molecular weight excluding hydrogens is 198 g/mol. The van der Waals surface area contributed by atoms with E-state index >= 15 is 0 Å². The summed E-state index contributed by atoms with van der Waals surface area (Å²) in [7, 11) is 1.97. The molecule has 1 saturated carbocycles. The van der Waals surface area contributed by atoms with Crippen molar-refractivity contribution >= 4 is 0 Å². The van der Waals surface area contributed by atoms with Gasteiger partial charge in [-0.15, -0.1) is 0 Å². The quantitative estimate of drug-likeness (QED) is 0.746. The van der Waals surface area contributed by atoms with Crippen molar-refractivity contribution in [2.75, 3.05) is 13.1 Å². The first kappa shape index (κ1) is 11.6. The van der Waals surface area contributed by atoms with E-state index in [1.54, 1.807) is 0 Å². The second kappa shape index (κ2) is 5.00. The Balaban J connectivity index is 1.65. The fraction of sp³-hybridized carbons (Fsp3) is 0.769. The van der Waals surface area contributed by atoms with Gasteiger partial charge in [-0.1, -0.05) is 13.3 Å². The van der Waals surface area contributed by atoms with Crippen LogP contribution in [0.5, 0.6) is 0 Å². The Morgan fingerprint density at radius 3 is 2.81 bits per heavy atom. The van der Waals surface area contributed by atoms with Crippen LogP contribution in [-0.2, 0) is 13.5 Å². The predicted molar refractivity (Wildman–Crippen MR) is 66.4 cm³/mol. The van der Waals surface area contributed by atoms with E-state index in [9.17, 15) is 0 Å². The van der Waals surface area contributed by atoms with E-state index in [1.807, 2.05) is 17.9 Å². The van der Waals surface area contributed by atoms with Gasteiger partial charge in [0.05, 0.1) is 6.20 Å². The van der Waals surface area contributed by atoms with Gasteiger partial charge < -0.3 is 5.32 Å². The Hall–Kier alpha value is -0.830. The molecule has 1 fully saturated rings. The van der Waals surface area contributed by atoms with Gasteiger partial charge in [0, 0.05) is 19.8 Å². The highest BCUT2D eigenvalue weighted by Crippen LogP contribution is 2.42. The number of hydrogen-bond donors (Lipinski definition) is 1. The van der Waals surface area contributed by atoms with Crippen molar-refractivity contribution in [3.63, 3.8) is 0 Å². The summed E-state index contributed by atoms with van der Waals surface area (Å²) >= 11 is 0. The number of nitrogens with one attached hydrogen (secondary N) is 1. The van der Waals surface area contributed by atoms with Crippen molar-refractivity contribution in [3.8, 4) is 0 Å². The maximum atomic E-state index is 4.18. The molecule has 16 heavy (non-hydrogen) atoms. The van der Waals surface area contributed by atoms with Gasteiger partial charge in [0.25, 0.3) is 0 Å². The van der Waals surface area contributed by atoms with E-state index in [-0.39, 0.29) is 0 Å². The smallest absolute Gasteiger partial charge is 0.0522 e. The van der Waals surface area contributed by atoms with Crippen molar-refractivity contribution in [3.05, 3.63) is 18.0 Å². The summed E-state index contributed by atoms with van der Waals surface area (Å²) in [6.07, 6.45) is 10.7. The summed E-state index contributed by atoms with van der Waals surface area (Å²) in [6, 6.07) is 0. The highest BCUT2D eigenvalue weighted by molar-refractivity contribution is 5.04. The minimum atomic E-state index is 0.634. The van der Waals surface area contributed by atoms with E-state index in [0.717, 1.165) is 13.0 Å². The molecule has 0 aliphatic heterocycles. The molecule has 1 aliphatic carbocycles. The molecule has 1 aromatic heterocycles. The zero-order chi connectivity index (χ0) is 11.4. The van der Waals surface area contributed by atoms with Gasteiger partial charge in [0.2, 0.25) is 0 Å². The summed E-state index contributed by atoms with van der Waals surface area (Å²) in [5.74, 6) is 0. The lowest BCUT2D eigenvalue weighted by molar-refractivity contribution is 0.124. The second-order valence-electron chi connectivity index (χ2n) is 5.16. The topological polar surface area (TPSA) is 29.9 Å². The minimum Gasteiger partial charge on any atom is -0.316 e. The van der Waals surface area contributed by atoms with Crippen LogP contribution in [0.4, 0.5) is 0 Å². The summed E-state index contributed by atoms with van der Waals surface area (Å²) < 4.78 is 1.87. The molecule has 0 unspecified atom stereocenters. The molecule has 1 heterocycles. The Bertz CT molecular complexity index is 320. The maximum absolute atomic E-state index is 4.18. The van der Waals surface area contributed by atoms with Gasteiger partial charge in [-0.05, 0) is 43.2 Å². The van der Waals surface area contributed by atoms with Crippen molar-refractivity contribution in [2.45, 2.75) is 39.0 Å². The lowest BCUT2D eigenvalue weighted by atomic mass is 9.67. The van der Waals surface area contributed by atoms with E-state index in [1.165, 1.54) is 37.8 Å². The van der Waals surface area contributed by atoms with Crippen molar-refractivity contribution in [2.24, 2.45) is 12.5 Å². The fourth-order valence-corrected chi connectivity index (χ4v) is 2.52. The molecule has 3 heteroatoms. The van der Waals surface area contributed by atoms with Crippen LogP contribution >= 0.6 is 0 Å². The average molecular weight is 221 g/mol. The van der Waals surface area contributed by atoms with Gasteiger partial charge in [0.15, 0.2) is 0 Å². The highest BCUT2D eigenvalue weighted by atomic mass is 15.2. The van der Waals surface area contributed by atoms with E-state index < -0.39 is 0 Å². The molecule has 0 bridgehead atoms. The summed E-state index contributed by atoms with van der Waals surface area (Å²) in [5.41, 5.74) is 1.96. The molecule has 1 N–H and O–H groups in total. The van der Waals surface area contributed by atoms with Crippen LogP contribution in [0.1, 0.15) is 38.2 Å². The molecule has 0 atom stereocenters. The van der Waals surface area contributed by atoms with E-state index in [4.69, 9.17) is 0 Å². The number of nitrogens with zero attached hydrogens (tertiary/aromatic N) is 2. The zero-order valence-corrected chi connectivity index (χ0v) is 10.5. The normalized spacial score (nSPS) is 18.4. The third-order valence-corrected chi connectivity index (χ3v) is 4.01. The van der Waals surface area contributed by atoms with Crippen LogP contribution in [0.25, 0.3) is 0 Å². The van der Waals surface area contributed by atoms with Gasteiger partial charge in [0.1, 0.15) is 0 Å². The third kappa shape index (κ3) is 2.64. The number of aromatic nitrogens is 2. The standard InChI is InChI=1S/C13H23N3/c1-3-13(6-4-7-13)11-14-8-5-12-9-15-16(2)10-12/h9-10,14H,3-8,11H2,1-2H3. The Morgan fingerprint density at radius 1 is 1.50 bits per heavy atom. The lowest BCUT2D eigenvalue weighted by Crippen LogP contribution is -2.39. The summed E-state index contributed by atoms with van der Waals surface area (Å²) in [6.45, 7) is 4.60. The van der Waals surface area contributed by atoms with Gasteiger partial charge in [-0.25, -0.2) is 0 Å².